The lowest BCUT2D eigenvalue weighted by atomic mass is 9.95. The lowest BCUT2D eigenvalue weighted by molar-refractivity contribution is -0.121. The van der Waals surface area contributed by atoms with Crippen LogP contribution in [0.15, 0.2) is 40.9 Å². The van der Waals surface area contributed by atoms with Crippen molar-refractivity contribution in [3.05, 3.63) is 53.4 Å². The van der Waals surface area contributed by atoms with Crippen LogP contribution in [0.25, 0.3) is 11.4 Å². The minimum atomic E-state index is -0.389. The highest BCUT2D eigenvalue weighted by Crippen LogP contribution is 2.31. The molecule has 0 saturated carbocycles. The molecule has 4 rings (SSSR count). The maximum atomic E-state index is 12.9. The Bertz CT molecular complexity index is 1250. The fourth-order valence-electron chi connectivity index (χ4n) is 4.39. The van der Waals surface area contributed by atoms with Gasteiger partial charge in [0.05, 0.1) is 32.9 Å². The summed E-state index contributed by atoms with van der Waals surface area (Å²) in [6.45, 7) is 5.85. The molecule has 2 aromatic carbocycles. The molecule has 196 valence electrons. The largest absolute Gasteiger partial charge is 0.493 e. The lowest BCUT2D eigenvalue weighted by Crippen LogP contribution is -2.38. The number of carbonyl (C=O) groups is 2. The van der Waals surface area contributed by atoms with Crippen LogP contribution in [-0.2, 0) is 16.1 Å². The minimum absolute atomic E-state index is 0.0442. The molecule has 1 aliphatic heterocycles. The summed E-state index contributed by atoms with van der Waals surface area (Å²) in [5.74, 6) is 1.66. The Hall–Kier alpha value is -3.92. The molecule has 37 heavy (non-hydrogen) atoms. The highest BCUT2D eigenvalue weighted by atomic mass is 16.5. The number of hydrogen-bond acceptors (Lipinski definition) is 9. The van der Waals surface area contributed by atoms with Gasteiger partial charge in [0.15, 0.2) is 11.5 Å². The molecule has 10 heteroatoms. The maximum absolute atomic E-state index is 12.9. The average Bonchev–Trinajstić information content (AvgIpc) is 3.38. The highest BCUT2D eigenvalue weighted by molar-refractivity contribution is 5.97. The van der Waals surface area contributed by atoms with Gasteiger partial charge < -0.3 is 24.1 Å². The number of nitrogens with zero attached hydrogens (tertiary/aromatic N) is 3. The van der Waals surface area contributed by atoms with Crippen molar-refractivity contribution < 1.29 is 28.3 Å². The first-order valence-corrected chi connectivity index (χ1v) is 12.3. The SMILES string of the molecule is CCOC(=O)c1cccc(NC(=O)C2CCN(Cc3nc(-c4ccc(OC)c(OC)c4)no3)CC2)c1C. The van der Waals surface area contributed by atoms with Crippen LogP contribution >= 0.6 is 0 Å². The van der Waals surface area contributed by atoms with Crippen molar-refractivity contribution in [2.24, 2.45) is 5.92 Å². The van der Waals surface area contributed by atoms with Crippen molar-refractivity contribution in [1.82, 2.24) is 15.0 Å². The van der Waals surface area contributed by atoms with Gasteiger partial charge in [0.2, 0.25) is 17.6 Å². The van der Waals surface area contributed by atoms with Crippen LogP contribution in [0.4, 0.5) is 5.69 Å². The minimum Gasteiger partial charge on any atom is -0.493 e. The fourth-order valence-corrected chi connectivity index (χ4v) is 4.39. The number of methoxy groups -OCH3 is 2. The van der Waals surface area contributed by atoms with Crippen LogP contribution in [0.2, 0.25) is 0 Å². The van der Waals surface area contributed by atoms with E-state index in [-0.39, 0.29) is 17.8 Å². The summed E-state index contributed by atoms with van der Waals surface area (Å²) >= 11 is 0. The van der Waals surface area contributed by atoms with E-state index >= 15 is 0 Å². The van der Waals surface area contributed by atoms with Crippen molar-refractivity contribution in [3.8, 4) is 22.9 Å². The van der Waals surface area contributed by atoms with Gasteiger partial charge in [-0.15, -0.1) is 0 Å². The van der Waals surface area contributed by atoms with Crippen LogP contribution < -0.4 is 14.8 Å². The van der Waals surface area contributed by atoms with E-state index in [4.69, 9.17) is 18.7 Å². The highest BCUT2D eigenvalue weighted by Gasteiger charge is 2.27. The number of anilines is 1. The maximum Gasteiger partial charge on any atom is 0.338 e. The number of piperidine rings is 1. The zero-order valence-electron chi connectivity index (χ0n) is 21.6. The number of esters is 1. The number of benzene rings is 2. The summed E-state index contributed by atoms with van der Waals surface area (Å²) in [4.78, 5) is 31.8. The number of aromatic nitrogens is 2. The van der Waals surface area contributed by atoms with Gasteiger partial charge >= 0.3 is 5.97 Å². The Morgan fingerprint density at radius 3 is 2.57 bits per heavy atom. The van der Waals surface area contributed by atoms with Gasteiger partial charge in [-0.2, -0.15) is 4.98 Å². The molecule has 10 nitrogen and oxygen atoms in total. The van der Waals surface area contributed by atoms with Crippen LogP contribution in [0, 0.1) is 12.8 Å². The van der Waals surface area contributed by atoms with E-state index in [0.29, 0.717) is 66.0 Å². The fraction of sp³-hybridized carbons (Fsp3) is 0.407. The van der Waals surface area contributed by atoms with Gasteiger partial charge in [0, 0.05) is 17.2 Å². The summed E-state index contributed by atoms with van der Waals surface area (Å²) in [7, 11) is 3.16. The molecule has 0 radical (unpaired) electrons. The number of rotatable bonds is 9. The quantitative estimate of drug-likeness (QED) is 0.427. The van der Waals surface area contributed by atoms with Crippen molar-refractivity contribution in [3.63, 3.8) is 0 Å². The molecule has 1 fully saturated rings. The number of hydrogen-bond donors (Lipinski definition) is 1. The van der Waals surface area contributed by atoms with E-state index in [9.17, 15) is 9.59 Å². The van der Waals surface area contributed by atoms with Gasteiger partial charge in [-0.3, -0.25) is 9.69 Å². The zero-order valence-corrected chi connectivity index (χ0v) is 21.6. The smallest absolute Gasteiger partial charge is 0.338 e. The van der Waals surface area contributed by atoms with Crippen LogP contribution in [0.3, 0.4) is 0 Å². The third-order valence-corrected chi connectivity index (χ3v) is 6.51. The summed E-state index contributed by atoms with van der Waals surface area (Å²) in [5.41, 5.74) is 2.56. The average molecular weight is 509 g/mol. The monoisotopic (exact) mass is 508 g/mol. The van der Waals surface area contributed by atoms with E-state index in [2.05, 4.69) is 20.4 Å². The summed E-state index contributed by atoms with van der Waals surface area (Å²) in [6, 6.07) is 10.7. The molecule has 1 saturated heterocycles. The molecule has 3 aromatic rings. The molecule has 0 aliphatic carbocycles. The van der Waals surface area contributed by atoms with E-state index < -0.39 is 0 Å². The summed E-state index contributed by atoms with van der Waals surface area (Å²) in [5, 5.41) is 7.10. The van der Waals surface area contributed by atoms with Crippen molar-refractivity contribution in [1.29, 1.82) is 0 Å². The van der Waals surface area contributed by atoms with Crippen LogP contribution in [0.5, 0.6) is 11.5 Å². The molecular weight excluding hydrogens is 476 g/mol. The Balaban J connectivity index is 1.32. The Morgan fingerprint density at radius 2 is 1.86 bits per heavy atom. The molecule has 0 spiro atoms. The first-order valence-electron chi connectivity index (χ1n) is 12.3. The predicted octanol–water partition coefficient (Wildman–Crippen LogP) is 4.09. The molecule has 0 bridgehead atoms. The Kier molecular flexibility index (Phi) is 8.39. The first-order chi connectivity index (χ1) is 17.9. The normalized spacial score (nSPS) is 14.3. The zero-order chi connectivity index (χ0) is 26.4. The third kappa shape index (κ3) is 6.08. The number of carbonyl (C=O) groups excluding carboxylic acids is 2. The molecule has 1 aromatic heterocycles. The van der Waals surface area contributed by atoms with E-state index in [1.54, 1.807) is 45.4 Å². The molecular formula is C27H32N4O6. The van der Waals surface area contributed by atoms with E-state index in [1.165, 1.54) is 0 Å². The number of ether oxygens (including phenoxy) is 3. The number of nitrogens with one attached hydrogen (secondary N) is 1. The molecule has 1 aliphatic rings. The van der Waals surface area contributed by atoms with Gasteiger partial charge in [0.25, 0.3) is 0 Å². The van der Waals surface area contributed by atoms with Crippen molar-refractivity contribution >= 4 is 17.6 Å². The van der Waals surface area contributed by atoms with E-state index in [1.807, 2.05) is 19.1 Å². The van der Waals surface area contributed by atoms with E-state index in [0.717, 1.165) is 18.7 Å². The van der Waals surface area contributed by atoms with Crippen molar-refractivity contribution in [2.45, 2.75) is 33.2 Å². The van der Waals surface area contributed by atoms with Gasteiger partial charge in [0.1, 0.15) is 0 Å². The number of amides is 1. The molecule has 1 amide bonds. The first kappa shape index (κ1) is 26.2. The third-order valence-electron chi connectivity index (χ3n) is 6.51. The second-order valence-electron chi connectivity index (χ2n) is 8.82. The number of likely N-dealkylation sites (tertiary alicyclic amines) is 1. The van der Waals surface area contributed by atoms with Crippen LogP contribution in [-0.4, -0.2) is 60.8 Å². The molecule has 0 unspecified atom stereocenters. The second kappa shape index (κ2) is 11.9. The summed E-state index contributed by atoms with van der Waals surface area (Å²) < 4.78 is 21.2. The lowest BCUT2D eigenvalue weighted by Gasteiger charge is -2.30. The molecule has 1 N–H and O–H groups in total. The second-order valence-corrected chi connectivity index (χ2v) is 8.82. The van der Waals surface area contributed by atoms with Gasteiger partial charge in [-0.05, 0) is 75.7 Å². The Morgan fingerprint density at radius 1 is 1.11 bits per heavy atom. The molecule has 0 atom stereocenters. The topological polar surface area (TPSA) is 116 Å². The van der Waals surface area contributed by atoms with Crippen molar-refractivity contribution in [2.75, 3.05) is 39.2 Å². The standard InChI is InChI=1S/C27H32N4O6/c1-5-36-27(33)20-7-6-8-21(17(20)2)28-26(32)18-11-13-31(14-12-18)16-24-29-25(30-37-24)19-9-10-22(34-3)23(15-19)35-4/h6-10,15,18H,5,11-14,16H2,1-4H3,(H,28,32). The van der Waals surface area contributed by atoms with Gasteiger partial charge in [-0.25, -0.2) is 4.79 Å². The summed E-state index contributed by atoms with van der Waals surface area (Å²) in [6.07, 6.45) is 1.41. The Labute approximate surface area is 215 Å². The molecule has 2 heterocycles. The predicted molar refractivity (Wildman–Crippen MR) is 137 cm³/mol. The van der Waals surface area contributed by atoms with Crippen LogP contribution in [0.1, 0.15) is 41.6 Å². The van der Waals surface area contributed by atoms with Gasteiger partial charge in [-0.1, -0.05) is 11.2 Å².